The lowest BCUT2D eigenvalue weighted by atomic mass is 9.80. The summed E-state index contributed by atoms with van der Waals surface area (Å²) in [6.45, 7) is 14.5. The molecule has 0 spiro atoms. The summed E-state index contributed by atoms with van der Waals surface area (Å²) >= 11 is 15.1. The van der Waals surface area contributed by atoms with Gasteiger partial charge in [-0.25, -0.2) is 15.0 Å². The number of likely N-dealkylation sites (N-methyl/N-ethyl adjacent to an activating group) is 3. The lowest BCUT2D eigenvalue weighted by molar-refractivity contribution is -0.120. The van der Waals surface area contributed by atoms with E-state index in [1.165, 1.54) is 18.6 Å². The maximum Gasteiger partial charge on any atom is 0.496 e. The van der Waals surface area contributed by atoms with Gasteiger partial charge < -0.3 is 64.4 Å². The van der Waals surface area contributed by atoms with E-state index < -0.39 is 47.0 Å². The Kier molecular flexibility index (Phi) is 31.1. The minimum Gasteiger partial charge on any atom is -0.457 e. The van der Waals surface area contributed by atoms with E-state index in [1.54, 1.807) is 137 Å². The van der Waals surface area contributed by atoms with Crippen molar-refractivity contribution in [3.8, 4) is 80.9 Å². The van der Waals surface area contributed by atoms with Gasteiger partial charge in [0.15, 0.2) is 0 Å². The number of aryl methyl sites for hydroxylation is 3. The van der Waals surface area contributed by atoms with Crippen LogP contribution in [0.5, 0.6) is 34.5 Å². The van der Waals surface area contributed by atoms with E-state index >= 15 is 0 Å². The van der Waals surface area contributed by atoms with Gasteiger partial charge in [-0.1, -0.05) is 148 Å². The smallest absolute Gasteiger partial charge is 0.457 e. The predicted molar refractivity (Wildman–Crippen MR) is 503 cm³/mol. The van der Waals surface area contributed by atoms with Crippen molar-refractivity contribution in [3.63, 3.8) is 0 Å². The molecule has 5 N–H and O–H groups in total. The van der Waals surface area contributed by atoms with Gasteiger partial charge in [-0.05, 0) is 231 Å². The van der Waals surface area contributed by atoms with Gasteiger partial charge in [-0.15, -0.1) is 6.42 Å². The first-order chi connectivity index (χ1) is 61.5. The van der Waals surface area contributed by atoms with Crippen molar-refractivity contribution in [2.45, 2.75) is 134 Å². The van der Waals surface area contributed by atoms with Crippen molar-refractivity contribution in [2.24, 2.45) is 0 Å². The molecule has 12 aromatic rings. The van der Waals surface area contributed by atoms with Crippen LogP contribution in [0.2, 0.25) is 10.3 Å². The Morgan fingerprint density at radius 2 is 0.806 bits per heavy atom. The molecule has 0 radical (unpaired) electrons. The van der Waals surface area contributed by atoms with E-state index in [1.807, 2.05) is 191 Å². The molecular weight excluding hydrogens is 1740 g/mol. The fraction of sp³-hybridized carbons (Fsp3) is 0.240. The molecule has 0 saturated carbocycles. The van der Waals surface area contributed by atoms with Gasteiger partial charge >= 0.3 is 7.12 Å². The van der Waals surface area contributed by atoms with Gasteiger partial charge in [0, 0.05) is 115 Å². The van der Waals surface area contributed by atoms with Crippen LogP contribution >= 0.6 is 39.1 Å². The van der Waals surface area contributed by atoms with Crippen LogP contribution in [-0.2, 0) is 43.0 Å². The van der Waals surface area contributed by atoms with Crippen LogP contribution in [0.3, 0.4) is 0 Å². The zero-order chi connectivity index (χ0) is 92.3. The highest BCUT2D eigenvalue weighted by Crippen LogP contribution is 2.39. The molecule has 0 aliphatic carbocycles. The fourth-order valence-electron chi connectivity index (χ4n) is 13.6. The Labute approximate surface area is 768 Å². The van der Waals surface area contributed by atoms with Crippen LogP contribution in [0.4, 0.5) is 17.1 Å². The lowest BCUT2D eigenvalue weighted by Gasteiger charge is -2.32. The topological polar surface area (TPSA) is 312 Å². The maximum atomic E-state index is 13.4. The van der Waals surface area contributed by atoms with Crippen molar-refractivity contribution in [3.05, 3.63) is 310 Å². The molecule has 16 rings (SSSR count). The Morgan fingerprint density at radius 1 is 0.457 bits per heavy atom. The summed E-state index contributed by atoms with van der Waals surface area (Å²) in [5.41, 5.74) is 8.49. The molecule has 6 aromatic carbocycles. The number of halogens is 3. The summed E-state index contributed by atoms with van der Waals surface area (Å²) in [6.07, 6.45) is 17.8. The number of ether oxygens (including phenoxy) is 3. The second-order valence-electron chi connectivity index (χ2n) is 32.5. The van der Waals surface area contributed by atoms with Crippen LogP contribution in [0, 0.1) is 24.2 Å². The van der Waals surface area contributed by atoms with E-state index in [4.69, 9.17) is 58.3 Å². The monoisotopic (exact) mass is 1830 g/mol. The Morgan fingerprint density at radius 3 is 1.15 bits per heavy atom. The molecule has 658 valence electrons. The summed E-state index contributed by atoms with van der Waals surface area (Å²) in [5.74, 6) is 9.39. The van der Waals surface area contributed by atoms with E-state index in [-0.39, 0.29) is 53.1 Å². The third-order valence-corrected chi connectivity index (χ3v) is 22.3. The molecular formula is C100H96BBrCl2N12O13. The number of pyridine rings is 6. The van der Waals surface area contributed by atoms with Crippen LogP contribution in [0.15, 0.2) is 260 Å². The molecule has 0 unspecified atom stereocenters. The average molecular weight is 1840 g/mol. The van der Waals surface area contributed by atoms with Gasteiger partial charge in [0.1, 0.15) is 96.9 Å². The number of hydrogen-bond donors (Lipinski definition) is 5. The molecule has 4 aliphatic heterocycles. The minimum absolute atomic E-state index is 0.156. The number of rotatable bonds is 15. The number of hydrogen-bond acceptors (Lipinski definition) is 19. The number of para-hydroxylation sites is 3. The molecule has 25 nitrogen and oxygen atoms in total. The van der Waals surface area contributed by atoms with E-state index in [0.29, 0.717) is 89.0 Å². The standard InChI is InChI=1S/C33H30N4O4.C28H23ClN4O3.C23H20BrN3O3.C11H15BClNO2.C5H8O/c1-33(2,40)17-15-25-13-11-24(21-35-25)23-10-9-22-12-14-28(32(39)37(3)30(22)19-23)36-31(38)29-20-27(16-18-34-29)41-26-7-5-4-6-8-26;1-33-25-15-19(20-10-12-26(29)31-17-20)8-7-18(25)9-11-23(28(33)35)32-27(34)24-16-22(13-14-30-24)36-21-5-3-2-4-6-21;1-27-21-13-16(24)9-7-15(21)8-10-19(23(27)29)26-22(28)20-14-18(11-12-25-20)30-17-5-3-2-4-6-17;1-10(2)11(3,4)16-12(15-10)8-5-6-9(13)14-7-8;1-4-5(2,3)6/h4-11,13,16,18-21,28,40H,12,14H2,1-3H3,(H,36,38);2-8,10,12-17,23H,9,11H2,1H3,(H,32,34);2-7,9,11-14,19H,8,10H2,1H3,(H,26,28);5-7H,1-4H3;1,6H,2-3H3/t28-;23-;19-;;/m000../s1. The lowest BCUT2D eigenvalue weighted by Crippen LogP contribution is -2.46. The molecule has 129 heavy (non-hydrogen) atoms. The van der Waals surface area contributed by atoms with Crippen molar-refractivity contribution < 1.29 is 62.5 Å². The van der Waals surface area contributed by atoms with Crippen LogP contribution in [0.1, 0.15) is 129 Å². The van der Waals surface area contributed by atoms with Gasteiger partial charge in [-0.3, -0.25) is 43.7 Å². The number of fused-ring (bicyclic) bond motifs is 3. The number of carbonyl (C=O) groups is 6. The summed E-state index contributed by atoms with van der Waals surface area (Å²) < 4.78 is 30.1. The number of carbonyl (C=O) groups excluding carboxylic acids is 6. The number of benzene rings is 6. The number of terminal acetylenes is 1. The maximum absolute atomic E-state index is 13.4. The molecule has 1 saturated heterocycles. The summed E-state index contributed by atoms with van der Waals surface area (Å²) in [4.78, 5) is 108. The predicted octanol–water partition coefficient (Wildman–Crippen LogP) is 16.8. The molecule has 4 aliphatic rings. The SMILES string of the molecule is C#CC(C)(C)O.CC1(C)OB(c2ccc(Cl)nc2)OC1(C)C.CN1C(=O)[C@@H](NC(=O)c2cc(Oc3ccccc3)ccn2)CCc2ccc(-c3ccc(C#CC(C)(C)O)nc3)cc21.CN1C(=O)[C@@H](NC(=O)c2cc(Oc3ccccc3)ccn2)CCc2ccc(-c3ccc(Cl)nc3)cc21.CN1C(=O)[C@@H](NC(=O)c2cc(Oc3ccccc3)ccn2)CCc2ccc(Br)cc21. The quantitative estimate of drug-likeness (QED) is 0.0362. The summed E-state index contributed by atoms with van der Waals surface area (Å²) in [7, 11) is 4.80. The van der Waals surface area contributed by atoms with E-state index in [2.05, 4.69) is 79.5 Å². The molecule has 3 atom stereocenters. The highest BCUT2D eigenvalue weighted by atomic mass is 79.9. The van der Waals surface area contributed by atoms with Crippen molar-refractivity contribution >= 4 is 104 Å². The Balaban J connectivity index is 0.000000158. The number of aromatic nitrogens is 6. The Bertz CT molecular complexity index is 6100. The average Bonchev–Trinajstić information content (AvgIpc) is 1.62. The number of nitrogens with zero attached hydrogens (tertiary/aromatic N) is 9. The van der Waals surface area contributed by atoms with Crippen molar-refractivity contribution in [1.29, 1.82) is 0 Å². The van der Waals surface area contributed by atoms with Gasteiger partial charge in [0.2, 0.25) is 17.7 Å². The molecule has 0 bridgehead atoms. The first-order valence-electron chi connectivity index (χ1n) is 41.4. The second kappa shape index (κ2) is 42.4. The van der Waals surface area contributed by atoms with E-state index in [0.717, 1.165) is 65.9 Å². The minimum atomic E-state index is -1.09. The number of nitrogens with one attached hydrogen (secondary N) is 3. The van der Waals surface area contributed by atoms with Crippen LogP contribution in [-0.4, -0.2) is 144 Å². The Hall–Kier alpha value is -13.5. The number of aliphatic hydroxyl groups is 2. The van der Waals surface area contributed by atoms with Gasteiger partial charge in [0.05, 0.1) is 11.2 Å². The highest BCUT2D eigenvalue weighted by molar-refractivity contribution is 9.10. The fourth-order valence-corrected chi connectivity index (χ4v) is 14.2. The van der Waals surface area contributed by atoms with Crippen LogP contribution in [0.25, 0.3) is 22.3 Å². The van der Waals surface area contributed by atoms with Crippen molar-refractivity contribution in [1.82, 2.24) is 45.9 Å². The summed E-state index contributed by atoms with van der Waals surface area (Å²) in [6, 6.07) is 64.3. The zero-order valence-corrected chi connectivity index (χ0v) is 76.0. The molecule has 6 amide bonds. The third kappa shape index (κ3) is 25.9. The largest absolute Gasteiger partial charge is 0.496 e. The molecule has 10 heterocycles. The molecule has 29 heteroatoms. The van der Waals surface area contributed by atoms with Crippen LogP contribution < -0.4 is 50.3 Å². The second-order valence-corrected chi connectivity index (χ2v) is 34.2. The molecule has 6 aromatic heterocycles. The zero-order valence-electron chi connectivity index (χ0n) is 72.9. The number of anilines is 3. The van der Waals surface area contributed by atoms with Gasteiger partial charge in [-0.2, -0.15) is 0 Å². The third-order valence-electron chi connectivity index (χ3n) is 21.3. The first kappa shape index (κ1) is 94.7. The first-order valence-corrected chi connectivity index (χ1v) is 43.0. The normalized spacial score (nSPS) is 15.9. The molecule has 1 fully saturated rings. The van der Waals surface area contributed by atoms with Crippen molar-refractivity contribution in [2.75, 3.05) is 35.8 Å². The summed E-state index contributed by atoms with van der Waals surface area (Å²) in [5, 5.41) is 27.9. The van der Waals surface area contributed by atoms with Gasteiger partial charge in [0.25, 0.3) is 17.7 Å². The van der Waals surface area contributed by atoms with E-state index in [9.17, 15) is 33.9 Å². The highest BCUT2D eigenvalue weighted by Gasteiger charge is 2.52. The number of amides is 6.